The smallest absolute Gasteiger partial charge is 0.345 e. The first-order chi connectivity index (χ1) is 11.4. The Kier molecular flexibility index (Phi) is 6.13. The molecule has 1 aliphatic heterocycles. The van der Waals surface area contributed by atoms with Crippen LogP contribution in [0.1, 0.15) is 30.9 Å². The van der Waals surface area contributed by atoms with Gasteiger partial charge in [0, 0.05) is 25.7 Å². The van der Waals surface area contributed by atoms with Gasteiger partial charge in [0.05, 0.1) is 12.1 Å². The third-order valence-corrected chi connectivity index (χ3v) is 3.93. The maximum absolute atomic E-state index is 12.7. The van der Waals surface area contributed by atoms with Crippen LogP contribution in [0, 0.1) is 17.8 Å². The van der Waals surface area contributed by atoms with Crippen LogP contribution in [0.5, 0.6) is 0 Å². The molecule has 1 atom stereocenters. The Balaban J connectivity index is 1.93. The van der Waals surface area contributed by atoms with Gasteiger partial charge in [-0.1, -0.05) is 24.8 Å². The van der Waals surface area contributed by atoms with Crippen molar-refractivity contribution in [3.05, 3.63) is 35.4 Å². The van der Waals surface area contributed by atoms with Crippen molar-refractivity contribution in [1.82, 2.24) is 10.2 Å². The zero-order valence-corrected chi connectivity index (χ0v) is 14.0. The van der Waals surface area contributed by atoms with E-state index in [1.807, 2.05) is 0 Å². The minimum absolute atomic E-state index is 0.341. The summed E-state index contributed by atoms with van der Waals surface area (Å²) in [7, 11) is 1.72. The summed E-state index contributed by atoms with van der Waals surface area (Å²) in [5.41, 5.74) is -0.325. The molecule has 0 amide bonds. The van der Waals surface area contributed by atoms with E-state index in [9.17, 15) is 13.2 Å². The van der Waals surface area contributed by atoms with E-state index in [0.717, 1.165) is 37.6 Å². The second-order valence-electron chi connectivity index (χ2n) is 5.97. The molecule has 24 heavy (non-hydrogen) atoms. The average molecular weight is 337 g/mol. The average Bonchev–Trinajstić information content (AvgIpc) is 2.54. The summed E-state index contributed by atoms with van der Waals surface area (Å²) in [6.45, 7) is 4.48. The van der Waals surface area contributed by atoms with Gasteiger partial charge in [0.2, 0.25) is 0 Å². The number of alkyl halides is 3. The van der Waals surface area contributed by atoms with Gasteiger partial charge in [-0.25, -0.2) is 0 Å². The van der Waals surface area contributed by atoms with Crippen molar-refractivity contribution in [2.24, 2.45) is 10.9 Å². The monoisotopic (exact) mass is 337 g/mol. The zero-order valence-electron chi connectivity index (χ0n) is 14.0. The van der Waals surface area contributed by atoms with E-state index in [1.165, 1.54) is 12.5 Å². The molecule has 1 fully saturated rings. The molecule has 3 nitrogen and oxygen atoms in total. The summed E-state index contributed by atoms with van der Waals surface area (Å²) in [6.07, 6.45) is -1.98. The highest BCUT2D eigenvalue weighted by molar-refractivity contribution is 5.80. The van der Waals surface area contributed by atoms with Crippen molar-refractivity contribution < 1.29 is 13.2 Å². The Labute approximate surface area is 141 Å². The summed E-state index contributed by atoms with van der Waals surface area (Å²) >= 11 is 0. The van der Waals surface area contributed by atoms with Crippen molar-refractivity contribution in [2.45, 2.75) is 25.9 Å². The van der Waals surface area contributed by atoms with Crippen LogP contribution in [0.3, 0.4) is 0 Å². The lowest BCUT2D eigenvalue weighted by Crippen LogP contribution is -2.46. The second-order valence-corrected chi connectivity index (χ2v) is 5.97. The second kappa shape index (κ2) is 8.09. The molecule has 1 N–H and O–H groups in total. The van der Waals surface area contributed by atoms with Gasteiger partial charge in [0.25, 0.3) is 0 Å². The van der Waals surface area contributed by atoms with Crippen molar-refractivity contribution in [2.75, 3.05) is 26.7 Å². The van der Waals surface area contributed by atoms with E-state index in [2.05, 4.69) is 34.0 Å². The van der Waals surface area contributed by atoms with Crippen LogP contribution in [0.4, 0.5) is 13.2 Å². The molecule has 0 spiro atoms. The number of nitrogens with one attached hydrogen (secondary N) is 1. The number of benzene rings is 1. The first-order valence-corrected chi connectivity index (χ1v) is 8.02. The first-order valence-electron chi connectivity index (χ1n) is 8.02. The maximum Gasteiger partial charge on any atom is 0.416 e. The number of piperidine rings is 1. The minimum Gasteiger partial charge on any atom is -0.345 e. The Bertz CT molecular complexity index is 641. The molecular weight excluding hydrogens is 315 g/mol. The number of halogens is 3. The number of likely N-dealkylation sites (tertiary alicyclic amines) is 1. The van der Waals surface area contributed by atoms with Crippen molar-refractivity contribution >= 4 is 5.96 Å². The number of hydrogen-bond donors (Lipinski definition) is 1. The predicted octanol–water partition coefficient (Wildman–Crippen LogP) is 3.36. The zero-order chi connectivity index (χ0) is 17.6. The van der Waals surface area contributed by atoms with Gasteiger partial charge in [-0.3, -0.25) is 4.99 Å². The molecule has 1 saturated heterocycles. The van der Waals surface area contributed by atoms with Gasteiger partial charge in [-0.2, -0.15) is 13.2 Å². The van der Waals surface area contributed by atoms with Crippen molar-refractivity contribution in [3.63, 3.8) is 0 Å². The lowest BCUT2D eigenvalue weighted by molar-refractivity contribution is -0.137. The summed E-state index contributed by atoms with van der Waals surface area (Å²) in [5, 5.41) is 3.15. The van der Waals surface area contributed by atoms with E-state index in [4.69, 9.17) is 0 Å². The summed E-state index contributed by atoms with van der Waals surface area (Å²) in [5.74, 6) is 7.05. The van der Waals surface area contributed by atoms with Gasteiger partial charge in [0.15, 0.2) is 5.96 Å². The number of guanidine groups is 1. The third-order valence-electron chi connectivity index (χ3n) is 3.93. The molecule has 2 rings (SSSR count). The van der Waals surface area contributed by atoms with Crippen LogP contribution in [-0.4, -0.2) is 37.5 Å². The van der Waals surface area contributed by atoms with Crippen LogP contribution < -0.4 is 5.32 Å². The molecule has 1 aromatic carbocycles. The molecule has 1 aliphatic rings. The third kappa shape index (κ3) is 5.19. The van der Waals surface area contributed by atoms with Crippen LogP contribution in [0.15, 0.2) is 29.3 Å². The molecular formula is C18H22F3N3. The highest BCUT2D eigenvalue weighted by Gasteiger charge is 2.30. The molecule has 1 aromatic rings. The summed E-state index contributed by atoms with van der Waals surface area (Å²) in [4.78, 5) is 6.45. The first kappa shape index (κ1) is 18.2. The standard InChI is InChI=1S/C18H22F3N3/c1-14-6-5-11-24(13-14)17(22-2)23-10-4-8-15-7-3-9-16(12-15)18(19,20)21/h3,7,9,12,14H,5-6,10-11,13H2,1-2H3,(H,22,23). The predicted molar refractivity (Wildman–Crippen MR) is 89.7 cm³/mol. The van der Waals surface area contributed by atoms with E-state index >= 15 is 0 Å². The summed E-state index contributed by atoms with van der Waals surface area (Å²) < 4.78 is 38.0. The minimum atomic E-state index is -4.34. The van der Waals surface area contributed by atoms with E-state index in [0.29, 0.717) is 18.0 Å². The fourth-order valence-electron chi connectivity index (χ4n) is 2.76. The van der Waals surface area contributed by atoms with E-state index in [-0.39, 0.29) is 0 Å². The molecule has 0 aliphatic carbocycles. The largest absolute Gasteiger partial charge is 0.416 e. The normalized spacial score (nSPS) is 18.8. The van der Waals surface area contributed by atoms with Gasteiger partial charge in [0.1, 0.15) is 0 Å². The number of hydrogen-bond acceptors (Lipinski definition) is 1. The number of rotatable bonds is 1. The number of nitrogens with zero attached hydrogens (tertiary/aromatic N) is 2. The molecule has 0 bridgehead atoms. The van der Waals surface area contributed by atoms with E-state index < -0.39 is 11.7 Å². The highest BCUT2D eigenvalue weighted by atomic mass is 19.4. The van der Waals surface area contributed by atoms with Crippen LogP contribution in [0.2, 0.25) is 0 Å². The molecule has 0 radical (unpaired) electrons. The molecule has 0 aromatic heterocycles. The summed E-state index contributed by atoms with van der Waals surface area (Å²) in [6, 6.07) is 5.05. The fourth-order valence-corrected chi connectivity index (χ4v) is 2.76. The lowest BCUT2D eigenvalue weighted by atomic mass is 10.0. The van der Waals surface area contributed by atoms with Gasteiger partial charge in [-0.15, -0.1) is 0 Å². The number of aliphatic imine (C=N–C) groups is 1. The Hall–Kier alpha value is -2.16. The highest BCUT2D eigenvalue weighted by Crippen LogP contribution is 2.29. The van der Waals surface area contributed by atoms with Crippen molar-refractivity contribution in [3.8, 4) is 11.8 Å². The van der Waals surface area contributed by atoms with Gasteiger partial charge in [-0.05, 0) is 37.0 Å². The topological polar surface area (TPSA) is 27.6 Å². The maximum atomic E-state index is 12.7. The van der Waals surface area contributed by atoms with E-state index in [1.54, 1.807) is 13.1 Å². The van der Waals surface area contributed by atoms with Crippen LogP contribution in [0.25, 0.3) is 0 Å². The van der Waals surface area contributed by atoms with Gasteiger partial charge < -0.3 is 10.2 Å². The SMILES string of the molecule is CN=C(NCC#Cc1cccc(C(F)(F)F)c1)N1CCCC(C)C1. The Morgan fingerprint density at radius 1 is 1.42 bits per heavy atom. The molecule has 1 unspecified atom stereocenters. The Morgan fingerprint density at radius 2 is 2.21 bits per heavy atom. The molecule has 6 heteroatoms. The lowest BCUT2D eigenvalue weighted by Gasteiger charge is -2.33. The Morgan fingerprint density at radius 3 is 2.88 bits per heavy atom. The van der Waals surface area contributed by atoms with Crippen molar-refractivity contribution in [1.29, 1.82) is 0 Å². The van der Waals surface area contributed by atoms with Gasteiger partial charge >= 0.3 is 6.18 Å². The molecule has 1 heterocycles. The van der Waals surface area contributed by atoms with Crippen LogP contribution in [-0.2, 0) is 6.18 Å². The molecule has 0 saturated carbocycles. The van der Waals surface area contributed by atoms with Crippen LogP contribution >= 0.6 is 0 Å². The fraction of sp³-hybridized carbons (Fsp3) is 0.500. The molecule has 130 valence electrons. The quantitative estimate of drug-likeness (QED) is 0.483.